The summed E-state index contributed by atoms with van der Waals surface area (Å²) in [5, 5.41) is 11.3. The van der Waals surface area contributed by atoms with Crippen LogP contribution in [-0.4, -0.2) is 5.11 Å². The lowest BCUT2D eigenvalue weighted by molar-refractivity contribution is 0.182. The van der Waals surface area contributed by atoms with Crippen molar-refractivity contribution in [1.82, 2.24) is 0 Å². The molecule has 1 aromatic carbocycles. The van der Waals surface area contributed by atoms with Gasteiger partial charge in [0.15, 0.2) is 0 Å². The first-order valence-corrected chi connectivity index (χ1v) is 6.82. The number of rotatable bonds is 3. The molecule has 1 heterocycles. The van der Waals surface area contributed by atoms with E-state index in [1.54, 1.807) is 29.5 Å². The van der Waals surface area contributed by atoms with Crippen molar-refractivity contribution < 1.29 is 5.11 Å². The van der Waals surface area contributed by atoms with Gasteiger partial charge in [0.25, 0.3) is 0 Å². The Hall–Kier alpha value is -0.540. The number of thiophene rings is 1. The van der Waals surface area contributed by atoms with Crippen LogP contribution in [0.2, 0.25) is 10.0 Å². The van der Waals surface area contributed by atoms with Gasteiger partial charge in [0.2, 0.25) is 0 Å². The Morgan fingerprint density at radius 1 is 1.18 bits per heavy atom. The molecule has 2 aromatic rings. The van der Waals surface area contributed by atoms with Gasteiger partial charge in [-0.05, 0) is 36.8 Å². The highest BCUT2D eigenvalue weighted by Gasteiger charge is 2.14. The van der Waals surface area contributed by atoms with E-state index in [1.807, 2.05) is 19.1 Å². The van der Waals surface area contributed by atoms with Crippen molar-refractivity contribution in [2.75, 3.05) is 0 Å². The predicted octanol–water partition coefficient (Wildman–Crippen LogP) is 4.64. The lowest BCUT2D eigenvalue weighted by Gasteiger charge is -2.11. The van der Waals surface area contributed by atoms with E-state index in [0.717, 1.165) is 10.4 Å². The van der Waals surface area contributed by atoms with Crippen molar-refractivity contribution in [2.45, 2.75) is 19.4 Å². The molecule has 17 heavy (non-hydrogen) atoms. The number of benzene rings is 1. The zero-order chi connectivity index (χ0) is 12.4. The van der Waals surface area contributed by atoms with Crippen molar-refractivity contribution in [2.24, 2.45) is 0 Å². The smallest absolute Gasteiger partial charge is 0.0923 e. The number of aliphatic hydroxyl groups excluding tert-OH is 1. The molecule has 0 saturated carbocycles. The van der Waals surface area contributed by atoms with Crippen LogP contribution >= 0.6 is 34.5 Å². The summed E-state index contributed by atoms with van der Waals surface area (Å²) < 4.78 is 0. The number of aryl methyl sites for hydroxylation is 1. The third kappa shape index (κ3) is 3.02. The van der Waals surface area contributed by atoms with Gasteiger partial charge in [0.05, 0.1) is 6.10 Å². The molecule has 1 unspecified atom stereocenters. The summed E-state index contributed by atoms with van der Waals surface area (Å²) in [7, 11) is 0. The maximum absolute atomic E-state index is 10.1. The van der Waals surface area contributed by atoms with Crippen molar-refractivity contribution in [3.05, 3.63) is 55.7 Å². The van der Waals surface area contributed by atoms with E-state index >= 15 is 0 Å². The molecule has 1 aromatic heterocycles. The van der Waals surface area contributed by atoms with E-state index in [-0.39, 0.29) is 0 Å². The molecule has 0 saturated heterocycles. The molecule has 1 atom stereocenters. The molecule has 0 fully saturated rings. The largest absolute Gasteiger partial charge is 0.387 e. The van der Waals surface area contributed by atoms with Gasteiger partial charge < -0.3 is 5.11 Å². The normalized spacial score (nSPS) is 12.7. The van der Waals surface area contributed by atoms with Crippen molar-refractivity contribution in [3.63, 3.8) is 0 Å². The summed E-state index contributed by atoms with van der Waals surface area (Å²) in [5.74, 6) is 0. The number of aliphatic hydroxyl groups is 1. The highest BCUT2D eigenvalue weighted by Crippen LogP contribution is 2.31. The van der Waals surface area contributed by atoms with E-state index in [4.69, 9.17) is 23.2 Å². The molecule has 4 heteroatoms. The standard InChI is InChI=1S/C13H12Cl2OS/c1-8-5-6-13(17-8)12(16)7-9-10(14)3-2-4-11(9)15/h2-6,12,16H,7H2,1H3. The summed E-state index contributed by atoms with van der Waals surface area (Å²) in [4.78, 5) is 2.13. The molecule has 0 amide bonds. The fourth-order valence-electron chi connectivity index (χ4n) is 1.65. The maximum atomic E-state index is 10.1. The molecule has 0 radical (unpaired) electrons. The van der Waals surface area contributed by atoms with Crippen LogP contribution in [0.3, 0.4) is 0 Å². The summed E-state index contributed by atoms with van der Waals surface area (Å²) >= 11 is 13.7. The molecule has 0 aliphatic rings. The highest BCUT2D eigenvalue weighted by molar-refractivity contribution is 7.12. The van der Waals surface area contributed by atoms with Gasteiger partial charge in [-0.2, -0.15) is 0 Å². The molecule has 1 nitrogen and oxygen atoms in total. The third-order valence-corrected chi connectivity index (χ3v) is 4.36. The van der Waals surface area contributed by atoms with Gasteiger partial charge in [-0.1, -0.05) is 29.3 Å². The van der Waals surface area contributed by atoms with E-state index in [0.29, 0.717) is 16.5 Å². The Balaban J connectivity index is 2.21. The second-order valence-electron chi connectivity index (χ2n) is 3.87. The molecule has 90 valence electrons. The lowest BCUT2D eigenvalue weighted by Crippen LogP contribution is -2.00. The average Bonchev–Trinajstić information content (AvgIpc) is 2.70. The average molecular weight is 287 g/mol. The van der Waals surface area contributed by atoms with Crippen molar-refractivity contribution >= 4 is 34.5 Å². The first-order valence-electron chi connectivity index (χ1n) is 5.25. The second kappa shape index (κ2) is 5.40. The Morgan fingerprint density at radius 2 is 1.82 bits per heavy atom. The SMILES string of the molecule is Cc1ccc(C(O)Cc2c(Cl)cccc2Cl)s1. The topological polar surface area (TPSA) is 20.2 Å². The minimum Gasteiger partial charge on any atom is -0.387 e. The minimum absolute atomic E-state index is 0.443. The van der Waals surface area contributed by atoms with Gasteiger partial charge in [-0.3, -0.25) is 0 Å². The molecule has 0 aliphatic carbocycles. The Morgan fingerprint density at radius 3 is 2.35 bits per heavy atom. The van der Waals surface area contributed by atoms with Crippen LogP contribution < -0.4 is 0 Å². The fourth-order valence-corrected chi connectivity index (χ4v) is 3.07. The van der Waals surface area contributed by atoms with Gasteiger partial charge in [0, 0.05) is 26.2 Å². The summed E-state index contributed by atoms with van der Waals surface area (Å²) in [6, 6.07) is 9.31. The van der Waals surface area contributed by atoms with Crippen LogP contribution in [0.4, 0.5) is 0 Å². The Kier molecular flexibility index (Phi) is 4.10. The highest BCUT2D eigenvalue weighted by atomic mass is 35.5. The van der Waals surface area contributed by atoms with E-state index in [1.165, 1.54) is 4.88 Å². The number of hydrogen-bond acceptors (Lipinski definition) is 2. The molecule has 0 spiro atoms. The number of hydrogen-bond donors (Lipinski definition) is 1. The van der Waals surface area contributed by atoms with Gasteiger partial charge in [0.1, 0.15) is 0 Å². The van der Waals surface area contributed by atoms with Gasteiger partial charge in [-0.15, -0.1) is 11.3 Å². The lowest BCUT2D eigenvalue weighted by atomic mass is 10.1. The first-order chi connectivity index (χ1) is 8.08. The fraction of sp³-hybridized carbons (Fsp3) is 0.231. The van der Waals surface area contributed by atoms with Crippen LogP contribution in [0.25, 0.3) is 0 Å². The zero-order valence-electron chi connectivity index (χ0n) is 9.28. The van der Waals surface area contributed by atoms with Gasteiger partial charge in [-0.25, -0.2) is 0 Å². The quantitative estimate of drug-likeness (QED) is 0.872. The second-order valence-corrected chi connectivity index (χ2v) is 6.00. The summed E-state index contributed by atoms with van der Waals surface area (Å²) in [6.07, 6.45) is -0.107. The maximum Gasteiger partial charge on any atom is 0.0923 e. The molecule has 2 rings (SSSR count). The Bertz CT molecular complexity index is 502. The predicted molar refractivity (Wildman–Crippen MR) is 74.2 cm³/mol. The van der Waals surface area contributed by atoms with E-state index in [9.17, 15) is 5.11 Å². The van der Waals surface area contributed by atoms with E-state index in [2.05, 4.69) is 0 Å². The third-order valence-electron chi connectivity index (χ3n) is 2.55. The van der Waals surface area contributed by atoms with Crippen LogP contribution in [0.5, 0.6) is 0 Å². The first kappa shape index (κ1) is 12.9. The molecule has 0 aliphatic heterocycles. The van der Waals surface area contributed by atoms with Crippen molar-refractivity contribution in [1.29, 1.82) is 0 Å². The number of halogens is 2. The van der Waals surface area contributed by atoms with Crippen LogP contribution in [0.15, 0.2) is 30.3 Å². The molecular formula is C13H12Cl2OS. The van der Waals surface area contributed by atoms with Gasteiger partial charge >= 0.3 is 0 Å². The molecule has 1 N–H and O–H groups in total. The zero-order valence-corrected chi connectivity index (χ0v) is 11.6. The molecular weight excluding hydrogens is 275 g/mol. The summed E-state index contributed by atoms with van der Waals surface area (Å²) in [6.45, 7) is 2.02. The van der Waals surface area contributed by atoms with Crippen LogP contribution in [0, 0.1) is 6.92 Å². The minimum atomic E-state index is -0.550. The van der Waals surface area contributed by atoms with Crippen molar-refractivity contribution in [3.8, 4) is 0 Å². The van der Waals surface area contributed by atoms with Crippen LogP contribution in [-0.2, 0) is 6.42 Å². The monoisotopic (exact) mass is 286 g/mol. The van der Waals surface area contributed by atoms with E-state index < -0.39 is 6.10 Å². The van der Waals surface area contributed by atoms with Crippen LogP contribution in [0.1, 0.15) is 21.4 Å². The Labute approximate surface area is 115 Å². The molecule has 0 bridgehead atoms. The summed E-state index contributed by atoms with van der Waals surface area (Å²) in [5.41, 5.74) is 0.800.